The second kappa shape index (κ2) is 8.44. The van der Waals surface area contributed by atoms with E-state index in [1.165, 1.54) is 5.56 Å². The summed E-state index contributed by atoms with van der Waals surface area (Å²) < 4.78 is 11.0. The molecular formula is C23H28N4O3. The quantitative estimate of drug-likeness (QED) is 0.635. The lowest BCUT2D eigenvalue weighted by molar-refractivity contribution is 0.0613. The van der Waals surface area contributed by atoms with E-state index < -0.39 is 0 Å². The summed E-state index contributed by atoms with van der Waals surface area (Å²) in [6, 6.07) is 10.1. The molecule has 7 heteroatoms. The van der Waals surface area contributed by atoms with Crippen molar-refractivity contribution < 1.29 is 13.7 Å². The molecule has 7 nitrogen and oxygen atoms in total. The van der Waals surface area contributed by atoms with E-state index in [0.29, 0.717) is 48.6 Å². The third-order valence-electron chi connectivity index (χ3n) is 5.59. The molecule has 0 unspecified atom stereocenters. The van der Waals surface area contributed by atoms with Gasteiger partial charge in [0.2, 0.25) is 11.7 Å². The first-order valence-electron chi connectivity index (χ1n) is 10.4. The highest BCUT2D eigenvalue weighted by atomic mass is 16.5. The van der Waals surface area contributed by atoms with Gasteiger partial charge in [0.15, 0.2) is 0 Å². The van der Waals surface area contributed by atoms with Crippen LogP contribution in [0.3, 0.4) is 0 Å². The van der Waals surface area contributed by atoms with Gasteiger partial charge in [-0.1, -0.05) is 43.3 Å². The average molecular weight is 409 g/mol. The van der Waals surface area contributed by atoms with Gasteiger partial charge in [-0.05, 0) is 31.4 Å². The second-order valence-corrected chi connectivity index (χ2v) is 8.18. The molecule has 0 aliphatic carbocycles. The Kier molecular flexibility index (Phi) is 5.72. The van der Waals surface area contributed by atoms with Crippen molar-refractivity contribution in [1.82, 2.24) is 19.9 Å². The van der Waals surface area contributed by atoms with Gasteiger partial charge in [0.25, 0.3) is 5.91 Å². The maximum absolute atomic E-state index is 12.7. The fourth-order valence-corrected chi connectivity index (χ4v) is 3.77. The van der Waals surface area contributed by atoms with E-state index in [4.69, 9.17) is 8.94 Å². The zero-order valence-electron chi connectivity index (χ0n) is 18.0. The SMILES string of the molecule is Cc1cc(C(=O)N2CCN(Cc3nc(-c4ccc(C(C)C)cc4)no3)CC2)c(C)o1. The van der Waals surface area contributed by atoms with Crippen LogP contribution in [-0.2, 0) is 6.54 Å². The molecule has 3 heterocycles. The van der Waals surface area contributed by atoms with Gasteiger partial charge in [0.05, 0.1) is 12.1 Å². The van der Waals surface area contributed by atoms with Crippen molar-refractivity contribution in [3.63, 3.8) is 0 Å². The molecule has 2 aromatic heterocycles. The molecule has 0 N–H and O–H groups in total. The highest BCUT2D eigenvalue weighted by molar-refractivity contribution is 5.95. The Hall–Kier alpha value is -2.93. The average Bonchev–Trinajstić information content (AvgIpc) is 3.34. The molecular weight excluding hydrogens is 380 g/mol. The summed E-state index contributed by atoms with van der Waals surface area (Å²) >= 11 is 0. The number of benzene rings is 1. The van der Waals surface area contributed by atoms with Crippen LogP contribution in [0.25, 0.3) is 11.4 Å². The van der Waals surface area contributed by atoms with E-state index in [2.05, 4.69) is 41.0 Å². The zero-order chi connectivity index (χ0) is 21.3. The van der Waals surface area contributed by atoms with Gasteiger partial charge in [-0.2, -0.15) is 4.98 Å². The lowest BCUT2D eigenvalue weighted by Crippen LogP contribution is -2.48. The van der Waals surface area contributed by atoms with Crippen LogP contribution >= 0.6 is 0 Å². The monoisotopic (exact) mass is 408 g/mol. The summed E-state index contributed by atoms with van der Waals surface area (Å²) in [5, 5.41) is 4.13. The topological polar surface area (TPSA) is 75.6 Å². The van der Waals surface area contributed by atoms with Crippen molar-refractivity contribution in [2.75, 3.05) is 26.2 Å². The maximum atomic E-state index is 12.7. The minimum atomic E-state index is 0.0360. The third-order valence-corrected chi connectivity index (χ3v) is 5.59. The van der Waals surface area contributed by atoms with Gasteiger partial charge in [-0.3, -0.25) is 9.69 Å². The summed E-state index contributed by atoms with van der Waals surface area (Å²) in [7, 11) is 0. The predicted octanol–water partition coefficient (Wildman–Crippen LogP) is 4.03. The van der Waals surface area contributed by atoms with E-state index in [1.807, 2.05) is 36.9 Å². The Morgan fingerprint density at radius 1 is 1.10 bits per heavy atom. The van der Waals surface area contributed by atoms with Gasteiger partial charge >= 0.3 is 0 Å². The zero-order valence-corrected chi connectivity index (χ0v) is 18.0. The summed E-state index contributed by atoms with van der Waals surface area (Å²) in [6.07, 6.45) is 0. The minimum absolute atomic E-state index is 0.0360. The number of rotatable bonds is 5. The highest BCUT2D eigenvalue weighted by Crippen LogP contribution is 2.21. The molecule has 1 amide bonds. The summed E-state index contributed by atoms with van der Waals surface area (Å²) in [6.45, 7) is 11.5. The molecule has 0 atom stereocenters. The van der Waals surface area contributed by atoms with Crippen molar-refractivity contribution in [3.8, 4) is 11.4 Å². The molecule has 30 heavy (non-hydrogen) atoms. The maximum Gasteiger partial charge on any atom is 0.257 e. The summed E-state index contributed by atoms with van der Waals surface area (Å²) in [4.78, 5) is 21.4. The van der Waals surface area contributed by atoms with E-state index in [0.717, 1.165) is 24.4 Å². The van der Waals surface area contributed by atoms with Crippen LogP contribution in [0.5, 0.6) is 0 Å². The van der Waals surface area contributed by atoms with Gasteiger partial charge in [0, 0.05) is 31.7 Å². The lowest BCUT2D eigenvalue weighted by Gasteiger charge is -2.33. The molecule has 3 aromatic rings. The van der Waals surface area contributed by atoms with Crippen LogP contribution in [0.4, 0.5) is 0 Å². The number of piperazine rings is 1. The third kappa shape index (κ3) is 4.31. The highest BCUT2D eigenvalue weighted by Gasteiger charge is 2.25. The largest absolute Gasteiger partial charge is 0.466 e. The van der Waals surface area contributed by atoms with Crippen molar-refractivity contribution >= 4 is 5.91 Å². The summed E-state index contributed by atoms with van der Waals surface area (Å²) in [5.41, 5.74) is 2.90. The number of hydrogen-bond donors (Lipinski definition) is 0. The molecule has 0 radical (unpaired) electrons. The molecule has 4 rings (SSSR count). The van der Waals surface area contributed by atoms with Crippen LogP contribution in [0.1, 0.15) is 53.1 Å². The molecule has 1 fully saturated rings. The molecule has 0 bridgehead atoms. The standard InChI is InChI=1S/C23H28N4O3/c1-15(2)18-5-7-19(8-6-18)22-24-21(30-25-22)14-26-9-11-27(12-10-26)23(28)20-13-16(3)29-17(20)4/h5-8,13,15H,9-12,14H2,1-4H3. The molecule has 1 aliphatic rings. The number of aryl methyl sites for hydroxylation is 2. The number of hydrogen-bond acceptors (Lipinski definition) is 6. The van der Waals surface area contributed by atoms with E-state index in [-0.39, 0.29) is 5.91 Å². The Labute approximate surface area is 176 Å². The Morgan fingerprint density at radius 2 is 1.80 bits per heavy atom. The van der Waals surface area contributed by atoms with E-state index in [9.17, 15) is 4.79 Å². The number of aromatic nitrogens is 2. The van der Waals surface area contributed by atoms with E-state index >= 15 is 0 Å². The predicted molar refractivity (Wildman–Crippen MR) is 113 cm³/mol. The molecule has 0 saturated carbocycles. The van der Waals surface area contributed by atoms with Crippen molar-refractivity contribution in [2.45, 2.75) is 40.2 Å². The van der Waals surface area contributed by atoms with Crippen LogP contribution in [0.2, 0.25) is 0 Å². The molecule has 1 saturated heterocycles. The van der Waals surface area contributed by atoms with Crippen LogP contribution in [0, 0.1) is 13.8 Å². The molecule has 0 spiro atoms. The summed E-state index contributed by atoms with van der Waals surface area (Å²) in [5.74, 6) is 3.18. The first kappa shape index (κ1) is 20.3. The molecule has 1 aliphatic heterocycles. The normalized spacial score (nSPS) is 15.2. The second-order valence-electron chi connectivity index (χ2n) is 8.18. The van der Waals surface area contributed by atoms with Crippen molar-refractivity contribution in [2.24, 2.45) is 0 Å². The van der Waals surface area contributed by atoms with E-state index in [1.54, 1.807) is 0 Å². The fraction of sp³-hybridized carbons (Fsp3) is 0.435. The van der Waals surface area contributed by atoms with Gasteiger partial charge in [-0.25, -0.2) is 0 Å². The van der Waals surface area contributed by atoms with Gasteiger partial charge in [0.1, 0.15) is 11.5 Å². The first-order chi connectivity index (χ1) is 14.4. The lowest BCUT2D eigenvalue weighted by atomic mass is 10.0. The Bertz CT molecular complexity index is 1010. The molecule has 1 aromatic carbocycles. The molecule has 158 valence electrons. The number of carbonyl (C=O) groups is 1. The smallest absolute Gasteiger partial charge is 0.257 e. The Balaban J connectivity index is 1.33. The first-order valence-corrected chi connectivity index (χ1v) is 10.4. The number of nitrogens with zero attached hydrogens (tertiary/aromatic N) is 4. The Morgan fingerprint density at radius 3 is 2.40 bits per heavy atom. The van der Waals surface area contributed by atoms with Crippen LogP contribution in [-0.4, -0.2) is 52.0 Å². The number of furan rings is 1. The van der Waals surface area contributed by atoms with Crippen molar-refractivity contribution in [1.29, 1.82) is 0 Å². The number of carbonyl (C=O) groups excluding carboxylic acids is 1. The van der Waals surface area contributed by atoms with Crippen molar-refractivity contribution in [3.05, 3.63) is 58.9 Å². The number of amides is 1. The van der Waals surface area contributed by atoms with Gasteiger partial charge in [-0.15, -0.1) is 0 Å². The minimum Gasteiger partial charge on any atom is -0.466 e. The fourth-order valence-electron chi connectivity index (χ4n) is 3.77. The van der Waals surface area contributed by atoms with Crippen LogP contribution < -0.4 is 0 Å². The van der Waals surface area contributed by atoms with Gasteiger partial charge < -0.3 is 13.8 Å². The van der Waals surface area contributed by atoms with Crippen LogP contribution in [0.15, 0.2) is 39.3 Å².